The molecule has 0 atom stereocenters. The summed E-state index contributed by atoms with van der Waals surface area (Å²) >= 11 is 0. The second-order valence-corrected chi connectivity index (χ2v) is 3.02. The Kier molecular flexibility index (Phi) is 8.10. The molecule has 0 saturated heterocycles. The number of hydrogen-bond acceptors (Lipinski definition) is 2. The average Bonchev–Trinajstić information content (AvgIpc) is 2.24. The zero-order valence-corrected chi connectivity index (χ0v) is 9.24. The highest BCUT2D eigenvalue weighted by atomic mass is 16.3. The number of phenols is 1. The normalized spacial score (nSPS) is 8.60. The van der Waals surface area contributed by atoms with Crippen molar-refractivity contribution in [3.05, 3.63) is 55.1 Å². The van der Waals surface area contributed by atoms with E-state index in [0.717, 1.165) is 18.7 Å². The number of aromatic hydroxyl groups is 1. The SMILES string of the molecule is C=CCNCC=C.Cc1ccccc1O. The van der Waals surface area contributed by atoms with Crippen molar-refractivity contribution >= 4 is 0 Å². The van der Waals surface area contributed by atoms with Crippen LogP contribution >= 0.6 is 0 Å². The molecule has 82 valence electrons. The summed E-state index contributed by atoms with van der Waals surface area (Å²) in [5, 5.41) is 12.0. The Balaban J connectivity index is 0.000000265. The molecule has 0 radical (unpaired) electrons. The molecule has 1 aromatic carbocycles. The Labute approximate surface area is 92.0 Å². The van der Waals surface area contributed by atoms with Gasteiger partial charge in [-0.3, -0.25) is 0 Å². The van der Waals surface area contributed by atoms with Crippen molar-refractivity contribution in [2.45, 2.75) is 6.92 Å². The van der Waals surface area contributed by atoms with Crippen LogP contribution in [-0.4, -0.2) is 18.2 Å². The van der Waals surface area contributed by atoms with Crippen LogP contribution < -0.4 is 5.32 Å². The number of aryl methyl sites for hydroxylation is 1. The van der Waals surface area contributed by atoms with E-state index in [1.807, 2.05) is 37.3 Å². The third-order valence-electron chi connectivity index (χ3n) is 1.69. The molecule has 0 heterocycles. The summed E-state index contributed by atoms with van der Waals surface area (Å²) in [4.78, 5) is 0. The van der Waals surface area contributed by atoms with Crippen molar-refractivity contribution in [2.75, 3.05) is 13.1 Å². The summed E-state index contributed by atoms with van der Waals surface area (Å²) in [6.07, 6.45) is 3.65. The van der Waals surface area contributed by atoms with Crippen LogP contribution in [0.25, 0.3) is 0 Å². The molecule has 0 bridgehead atoms. The predicted molar refractivity (Wildman–Crippen MR) is 66.1 cm³/mol. The quantitative estimate of drug-likeness (QED) is 0.585. The Morgan fingerprint density at radius 1 is 1.20 bits per heavy atom. The first-order valence-corrected chi connectivity index (χ1v) is 4.89. The van der Waals surface area contributed by atoms with E-state index >= 15 is 0 Å². The Bertz CT molecular complexity index is 265. The fourth-order valence-electron chi connectivity index (χ4n) is 0.851. The van der Waals surface area contributed by atoms with Gasteiger partial charge in [-0.1, -0.05) is 30.4 Å². The van der Waals surface area contributed by atoms with Gasteiger partial charge in [0.2, 0.25) is 0 Å². The fraction of sp³-hybridized carbons (Fsp3) is 0.231. The molecule has 0 unspecified atom stereocenters. The molecule has 1 rings (SSSR count). The maximum absolute atomic E-state index is 8.92. The third-order valence-corrected chi connectivity index (χ3v) is 1.69. The highest BCUT2D eigenvalue weighted by molar-refractivity contribution is 5.29. The molecule has 2 heteroatoms. The molecular formula is C13H19NO. The molecule has 15 heavy (non-hydrogen) atoms. The molecule has 0 aliphatic heterocycles. The van der Waals surface area contributed by atoms with E-state index < -0.39 is 0 Å². The third kappa shape index (κ3) is 7.52. The van der Waals surface area contributed by atoms with E-state index in [1.54, 1.807) is 6.07 Å². The minimum atomic E-state index is 0.368. The summed E-state index contributed by atoms with van der Waals surface area (Å²) in [7, 11) is 0. The molecule has 0 saturated carbocycles. The molecule has 1 aromatic rings. The van der Waals surface area contributed by atoms with Crippen LogP contribution in [0.1, 0.15) is 5.56 Å². The van der Waals surface area contributed by atoms with Gasteiger partial charge in [-0.2, -0.15) is 0 Å². The summed E-state index contributed by atoms with van der Waals surface area (Å²) in [5.74, 6) is 0.368. The monoisotopic (exact) mass is 205 g/mol. The number of phenolic OH excluding ortho intramolecular Hbond substituents is 1. The van der Waals surface area contributed by atoms with E-state index in [4.69, 9.17) is 5.11 Å². The van der Waals surface area contributed by atoms with Gasteiger partial charge in [0.15, 0.2) is 0 Å². The number of para-hydroxylation sites is 1. The van der Waals surface area contributed by atoms with E-state index in [9.17, 15) is 0 Å². The van der Waals surface area contributed by atoms with Gasteiger partial charge in [-0.15, -0.1) is 13.2 Å². The molecule has 2 N–H and O–H groups in total. The van der Waals surface area contributed by atoms with Crippen molar-refractivity contribution in [1.29, 1.82) is 0 Å². The number of benzene rings is 1. The van der Waals surface area contributed by atoms with Gasteiger partial charge in [0.05, 0.1) is 0 Å². The van der Waals surface area contributed by atoms with E-state index in [2.05, 4.69) is 18.5 Å². The molecule has 0 spiro atoms. The molecule has 0 aliphatic carbocycles. The zero-order valence-electron chi connectivity index (χ0n) is 9.24. The van der Waals surface area contributed by atoms with Gasteiger partial charge in [-0.25, -0.2) is 0 Å². The predicted octanol–water partition coefficient (Wildman–Crippen LogP) is 2.65. The summed E-state index contributed by atoms with van der Waals surface area (Å²) < 4.78 is 0. The second-order valence-electron chi connectivity index (χ2n) is 3.02. The van der Waals surface area contributed by atoms with Crippen LogP contribution in [0.15, 0.2) is 49.6 Å². The first-order valence-electron chi connectivity index (χ1n) is 4.89. The lowest BCUT2D eigenvalue weighted by atomic mass is 10.2. The minimum absolute atomic E-state index is 0.368. The van der Waals surface area contributed by atoms with Gasteiger partial charge < -0.3 is 10.4 Å². The lowest BCUT2D eigenvalue weighted by Gasteiger charge is -1.92. The standard InChI is InChI=1S/C7H8O.C6H11N/c1-6-4-2-3-5-7(6)8;1-3-5-7-6-4-2/h2-5,8H,1H3;3-4,7H,1-2,5-6H2. The minimum Gasteiger partial charge on any atom is -0.508 e. The van der Waals surface area contributed by atoms with E-state index in [0.29, 0.717) is 5.75 Å². The van der Waals surface area contributed by atoms with Crippen molar-refractivity contribution in [2.24, 2.45) is 0 Å². The highest BCUT2D eigenvalue weighted by Gasteiger charge is 1.86. The molecule has 0 aromatic heterocycles. The molecule has 0 aliphatic rings. The zero-order chi connectivity index (χ0) is 11.5. The molecule has 0 fully saturated rings. The smallest absolute Gasteiger partial charge is 0.118 e. The maximum atomic E-state index is 8.92. The van der Waals surface area contributed by atoms with Crippen LogP contribution in [-0.2, 0) is 0 Å². The number of hydrogen-bond donors (Lipinski definition) is 2. The number of rotatable bonds is 4. The van der Waals surface area contributed by atoms with Gasteiger partial charge >= 0.3 is 0 Å². The Morgan fingerprint density at radius 3 is 2.07 bits per heavy atom. The van der Waals surface area contributed by atoms with Crippen LogP contribution in [0.5, 0.6) is 5.75 Å². The molecule has 0 amide bonds. The van der Waals surface area contributed by atoms with Crippen LogP contribution in [0.3, 0.4) is 0 Å². The first-order chi connectivity index (χ1) is 7.22. The Morgan fingerprint density at radius 2 is 1.73 bits per heavy atom. The lowest BCUT2D eigenvalue weighted by Crippen LogP contribution is -2.11. The fourth-order valence-corrected chi connectivity index (χ4v) is 0.851. The van der Waals surface area contributed by atoms with E-state index in [-0.39, 0.29) is 0 Å². The summed E-state index contributed by atoms with van der Waals surface area (Å²) in [6, 6.07) is 7.25. The van der Waals surface area contributed by atoms with Crippen molar-refractivity contribution in [3.63, 3.8) is 0 Å². The van der Waals surface area contributed by atoms with Crippen molar-refractivity contribution < 1.29 is 5.11 Å². The van der Waals surface area contributed by atoms with Gasteiger partial charge in [-0.05, 0) is 18.6 Å². The molecular weight excluding hydrogens is 186 g/mol. The maximum Gasteiger partial charge on any atom is 0.118 e. The van der Waals surface area contributed by atoms with Crippen molar-refractivity contribution in [3.8, 4) is 5.75 Å². The summed E-state index contributed by atoms with van der Waals surface area (Å²) in [5.41, 5.74) is 0.924. The van der Waals surface area contributed by atoms with E-state index in [1.165, 1.54) is 0 Å². The van der Waals surface area contributed by atoms with Crippen LogP contribution in [0.2, 0.25) is 0 Å². The topological polar surface area (TPSA) is 32.3 Å². The second kappa shape index (κ2) is 9.03. The van der Waals surface area contributed by atoms with Crippen LogP contribution in [0, 0.1) is 6.92 Å². The van der Waals surface area contributed by atoms with Crippen molar-refractivity contribution in [1.82, 2.24) is 5.32 Å². The lowest BCUT2D eigenvalue weighted by molar-refractivity contribution is 0.471. The van der Waals surface area contributed by atoms with Crippen LogP contribution in [0.4, 0.5) is 0 Å². The molecule has 2 nitrogen and oxygen atoms in total. The van der Waals surface area contributed by atoms with Gasteiger partial charge in [0.1, 0.15) is 5.75 Å². The average molecular weight is 205 g/mol. The van der Waals surface area contributed by atoms with Gasteiger partial charge in [0.25, 0.3) is 0 Å². The Hall–Kier alpha value is -1.54. The van der Waals surface area contributed by atoms with Gasteiger partial charge in [0, 0.05) is 13.1 Å². The summed E-state index contributed by atoms with van der Waals surface area (Å²) in [6.45, 7) is 10.7. The highest BCUT2D eigenvalue weighted by Crippen LogP contribution is 2.12. The first kappa shape index (κ1) is 13.5. The number of nitrogens with one attached hydrogen (secondary N) is 1. The largest absolute Gasteiger partial charge is 0.508 e.